The van der Waals surface area contributed by atoms with Gasteiger partial charge in [0.1, 0.15) is 0 Å². The molecule has 0 unspecified atom stereocenters. The average Bonchev–Trinajstić information content (AvgIpc) is 4.01. The zero-order valence-electron chi connectivity index (χ0n) is 40.1. The topological polar surface area (TPSA) is 3.24 Å². The van der Waals surface area contributed by atoms with Crippen molar-refractivity contribution in [3.05, 3.63) is 246 Å². The van der Waals surface area contributed by atoms with Gasteiger partial charge in [-0.15, -0.1) is 11.3 Å². The Hall–Kier alpha value is -7.52. The number of benzene rings is 10. The zero-order chi connectivity index (χ0) is 46.8. The molecular formula is C67H53NS. The second-order valence-corrected chi connectivity index (χ2v) is 22.2. The summed E-state index contributed by atoms with van der Waals surface area (Å²) in [7, 11) is 0. The summed E-state index contributed by atoms with van der Waals surface area (Å²) in [6, 6.07) is 80.5. The number of rotatable bonds is 5. The van der Waals surface area contributed by atoms with Gasteiger partial charge in [0, 0.05) is 26.7 Å². The predicted molar refractivity (Wildman–Crippen MR) is 296 cm³/mol. The van der Waals surface area contributed by atoms with Crippen LogP contribution in [0.1, 0.15) is 74.9 Å². The SMILES string of the molecule is CC(C)(C)c1ccc2c(c1)C1(c3cc(C(C)(C)C)ccc3-2)c2ccccc2-c2c(N(c3ccc(-c4cccc5ccccc45)cc3)c3cccc4c3sc3c(-c5ccccc5)cccc34)cccc21. The first-order chi connectivity index (χ1) is 33.5. The van der Waals surface area contributed by atoms with E-state index in [0.29, 0.717) is 0 Å². The Morgan fingerprint density at radius 3 is 1.61 bits per heavy atom. The molecule has 2 aliphatic carbocycles. The van der Waals surface area contributed by atoms with Crippen LogP contribution in [-0.4, -0.2) is 0 Å². The first kappa shape index (κ1) is 41.7. The first-order valence-electron chi connectivity index (χ1n) is 24.4. The van der Waals surface area contributed by atoms with Gasteiger partial charge in [0.15, 0.2) is 0 Å². The Labute approximate surface area is 410 Å². The molecule has 2 aliphatic rings. The van der Waals surface area contributed by atoms with Crippen molar-refractivity contribution >= 4 is 59.3 Å². The van der Waals surface area contributed by atoms with Crippen molar-refractivity contribution in [3.8, 4) is 44.5 Å². The van der Waals surface area contributed by atoms with Gasteiger partial charge in [-0.1, -0.05) is 230 Å². The summed E-state index contributed by atoms with van der Waals surface area (Å²) in [6.07, 6.45) is 0. The maximum absolute atomic E-state index is 2.58. The van der Waals surface area contributed by atoms with Crippen LogP contribution in [0.2, 0.25) is 0 Å². The molecule has 0 amide bonds. The highest BCUT2D eigenvalue weighted by Crippen LogP contribution is 2.65. The first-order valence-corrected chi connectivity index (χ1v) is 25.2. The fourth-order valence-corrected chi connectivity index (χ4v) is 13.2. The van der Waals surface area contributed by atoms with Crippen LogP contribution in [0.25, 0.3) is 75.5 Å². The molecule has 1 aromatic heterocycles. The van der Waals surface area contributed by atoms with Crippen molar-refractivity contribution in [3.63, 3.8) is 0 Å². The third-order valence-electron chi connectivity index (χ3n) is 15.2. The molecule has 1 nitrogen and oxygen atoms in total. The average molecular weight is 904 g/mol. The molecule has 10 aromatic carbocycles. The molecule has 0 fully saturated rings. The fraction of sp³-hybridized carbons (Fsp3) is 0.134. The molecular weight excluding hydrogens is 851 g/mol. The maximum atomic E-state index is 2.58. The Balaban J connectivity index is 1.11. The van der Waals surface area contributed by atoms with Crippen molar-refractivity contribution in [1.82, 2.24) is 0 Å². The molecule has 332 valence electrons. The van der Waals surface area contributed by atoms with Crippen molar-refractivity contribution in [2.24, 2.45) is 0 Å². The van der Waals surface area contributed by atoms with Crippen LogP contribution in [0.15, 0.2) is 212 Å². The summed E-state index contributed by atoms with van der Waals surface area (Å²) in [6.45, 7) is 14.1. The molecule has 0 saturated carbocycles. The number of fused-ring (bicyclic) bond motifs is 14. The maximum Gasteiger partial charge on any atom is 0.0726 e. The molecule has 13 rings (SSSR count). The lowest BCUT2D eigenvalue weighted by Gasteiger charge is -2.33. The third-order valence-corrected chi connectivity index (χ3v) is 16.5. The molecule has 1 spiro atoms. The van der Waals surface area contributed by atoms with E-state index in [9.17, 15) is 0 Å². The van der Waals surface area contributed by atoms with Gasteiger partial charge in [-0.05, 0) is 118 Å². The van der Waals surface area contributed by atoms with E-state index in [4.69, 9.17) is 0 Å². The number of hydrogen-bond donors (Lipinski definition) is 0. The Kier molecular flexibility index (Phi) is 9.20. The van der Waals surface area contributed by atoms with E-state index in [1.165, 1.54) is 120 Å². The van der Waals surface area contributed by atoms with Gasteiger partial charge in [0.05, 0.1) is 21.5 Å². The summed E-state index contributed by atoms with van der Waals surface area (Å²) >= 11 is 1.91. The molecule has 0 bridgehead atoms. The van der Waals surface area contributed by atoms with Gasteiger partial charge < -0.3 is 4.90 Å². The molecule has 0 saturated heterocycles. The van der Waals surface area contributed by atoms with Crippen molar-refractivity contribution in [1.29, 1.82) is 0 Å². The van der Waals surface area contributed by atoms with Crippen molar-refractivity contribution < 1.29 is 0 Å². The van der Waals surface area contributed by atoms with E-state index in [2.05, 4.69) is 259 Å². The highest BCUT2D eigenvalue weighted by Gasteiger charge is 2.53. The minimum atomic E-state index is -0.521. The molecule has 1 heterocycles. The number of anilines is 3. The second kappa shape index (κ2) is 15.2. The Morgan fingerprint density at radius 2 is 0.884 bits per heavy atom. The number of nitrogens with zero attached hydrogens (tertiary/aromatic N) is 1. The van der Waals surface area contributed by atoms with E-state index >= 15 is 0 Å². The fourth-order valence-electron chi connectivity index (χ4n) is 11.8. The van der Waals surface area contributed by atoms with Gasteiger partial charge >= 0.3 is 0 Å². The predicted octanol–water partition coefficient (Wildman–Crippen LogP) is 18.9. The van der Waals surface area contributed by atoms with E-state index in [1.54, 1.807) is 0 Å². The molecule has 0 atom stereocenters. The number of thiophene rings is 1. The minimum absolute atomic E-state index is 0.0251. The second-order valence-electron chi connectivity index (χ2n) is 21.2. The lowest BCUT2D eigenvalue weighted by molar-refractivity contribution is 0.586. The van der Waals surface area contributed by atoms with Crippen LogP contribution < -0.4 is 4.90 Å². The van der Waals surface area contributed by atoms with E-state index in [0.717, 1.165) is 5.69 Å². The van der Waals surface area contributed by atoms with Gasteiger partial charge in [-0.25, -0.2) is 0 Å². The smallest absolute Gasteiger partial charge is 0.0726 e. The highest BCUT2D eigenvalue weighted by atomic mass is 32.1. The highest BCUT2D eigenvalue weighted by molar-refractivity contribution is 7.27. The summed E-state index contributed by atoms with van der Waals surface area (Å²) < 4.78 is 2.58. The summed E-state index contributed by atoms with van der Waals surface area (Å²) in [5, 5.41) is 5.07. The minimum Gasteiger partial charge on any atom is -0.308 e. The monoisotopic (exact) mass is 903 g/mol. The molecule has 0 aliphatic heterocycles. The van der Waals surface area contributed by atoms with Crippen LogP contribution in [0, 0.1) is 0 Å². The van der Waals surface area contributed by atoms with Gasteiger partial charge in [0.2, 0.25) is 0 Å². The molecule has 2 heteroatoms. The summed E-state index contributed by atoms with van der Waals surface area (Å²) in [4.78, 5) is 2.58. The number of hydrogen-bond acceptors (Lipinski definition) is 2. The Bertz CT molecular complexity index is 3790. The molecule has 0 N–H and O–H groups in total. The van der Waals surface area contributed by atoms with Gasteiger partial charge in [-0.2, -0.15) is 0 Å². The quantitative estimate of drug-likeness (QED) is 0.166. The lowest BCUT2D eigenvalue weighted by atomic mass is 9.69. The van der Waals surface area contributed by atoms with E-state index < -0.39 is 5.41 Å². The van der Waals surface area contributed by atoms with Gasteiger partial charge in [-0.3, -0.25) is 0 Å². The zero-order valence-corrected chi connectivity index (χ0v) is 40.9. The standard InChI is InChI=1S/C67H53NS/c1-65(2,3)45-34-38-51-52-39-35-46(66(4,5)6)41-59(52)67(58(51)40-45)56-28-13-12-23-55(56)62-57(67)29-17-30-60(62)68(47-36-32-44(33-37-47)49-24-14-21-42-20-10-11-22-48(42)49)61-31-16-27-54-53-26-15-25-50(63(53)69-64(54)61)43-18-8-7-9-19-43/h7-41H,1-6H3. The lowest BCUT2D eigenvalue weighted by Crippen LogP contribution is -2.27. The van der Waals surface area contributed by atoms with Gasteiger partial charge in [0.25, 0.3) is 0 Å². The van der Waals surface area contributed by atoms with E-state index in [1.807, 2.05) is 11.3 Å². The van der Waals surface area contributed by atoms with Crippen LogP contribution >= 0.6 is 11.3 Å². The largest absolute Gasteiger partial charge is 0.308 e. The van der Waals surface area contributed by atoms with E-state index in [-0.39, 0.29) is 10.8 Å². The third kappa shape index (κ3) is 6.21. The normalized spacial score (nSPS) is 13.5. The Morgan fingerprint density at radius 1 is 0.362 bits per heavy atom. The van der Waals surface area contributed by atoms with Crippen LogP contribution in [0.4, 0.5) is 17.1 Å². The summed E-state index contributed by atoms with van der Waals surface area (Å²) in [5.41, 5.74) is 21.2. The van der Waals surface area contributed by atoms with Crippen LogP contribution in [0.5, 0.6) is 0 Å². The molecule has 11 aromatic rings. The summed E-state index contributed by atoms with van der Waals surface area (Å²) in [5.74, 6) is 0. The molecule has 69 heavy (non-hydrogen) atoms. The van der Waals surface area contributed by atoms with Crippen molar-refractivity contribution in [2.45, 2.75) is 57.8 Å². The van der Waals surface area contributed by atoms with Crippen LogP contribution in [-0.2, 0) is 16.2 Å². The van der Waals surface area contributed by atoms with Crippen LogP contribution in [0.3, 0.4) is 0 Å². The van der Waals surface area contributed by atoms with Crippen molar-refractivity contribution in [2.75, 3.05) is 4.90 Å². The molecule has 0 radical (unpaired) electrons.